The number of anilines is 1. The van der Waals surface area contributed by atoms with Crippen LogP contribution in [0.2, 0.25) is 0 Å². The van der Waals surface area contributed by atoms with Crippen LogP contribution >= 0.6 is 0 Å². The molecule has 3 nitrogen and oxygen atoms in total. The van der Waals surface area contributed by atoms with Crippen LogP contribution in [0.3, 0.4) is 0 Å². The van der Waals surface area contributed by atoms with E-state index in [0.29, 0.717) is 17.7 Å². The highest BCUT2D eigenvalue weighted by atomic mass is 16.1. The predicted octanol–water partition coefficient (Wildman–Crippen LogP) is 1.37. The number of nitrogens with zero attached hydrogens (tertiary/aromatic N) is 1. The fraction of sp³-hybridized carbons (Fsp3) is 0. The maximum absolute atomic E-state index is 10.2. The van der Waals surface area contributed by atoms with Crippen LogP contribution in [-0.2, 0) is 4.79 Å². The number of hydrogen-bond acceptors (Lipinski definition) is 3. The fourth-order valence-corrected chi connectivity index (χ4v) is 1.42. The molecule has 2 rings (SSSR count). The molecule has 0 spiro atoms. The zero-order chi connectivity index (χ0) is 10.7. The summed E-state index contributed by atoms with van der Waals surface area (Å²) in [6.07, 6.45) is 2.14. The zero-order valence-corrected chi connectivity index (χ0v) is 7.90. The summed E-state index contributed by atoms with van der Waals surface area (Å²) < 4.78 is 0. The Morgan fingerprint density at radius 1 is 1.27 bits per heavy atom. The van der Waals surface area contributed by atoms with Crippen molar-refractivity contribution in [2.75, 3.05) is 5.73 Å². The molecule has 0 bridgehead atoms. The number of fused-ring (bicyclic) bond motifs is 1. The van der Waals surface area contributed by atoms with Crippen LogP contribution in [0.15, 0.2) is 30.5 Å². The van der Waals surface area contributed by atoms with Gasteiger partial charge in [0.25, 0.3) is 0 Å². The second kappa shape index (κ2) is 3.81. The number of nitrogens with two attached hydrogens (primary N) is 1. The number of pyridine rings is 1. The molecule has 1 aromatic carbocycles. The average molecular weight is 196 g/mol. The van der Waals surface area contributed by atoms with Crippen LogP contribution < -0.4 is 5.73 Å². The summed E-state index contributed by atoms with van der Waals surface area (Å²) in [6.45, 7) is 0. The van der Waals surface area contributed by atoms with E-state index in [2.05, 4.69) is 16.8 Å². The second-order valence-corrected chi connectivity index (χ2v) is 2.99. The molecule has 2 aromatic rings. The van der Waals surface area contributed by atoms with E-state index in [9.17, 15) is 4.79 Å². The SMILES string of the molecule is Nc1ncc(C#CC=O)c2ccccc12. The lowest BCUT2D eigenvalue weighted by atomic mass is 10.1. The van der Waals surface area contributed by atoms with E-state index in [-0.39, 0.29) is 0 Å². The zero-order valence-electron chi connectivity index (χ0n) is 7.90. The Balaban J connectivity index is 2.77. The molecule has 0 radical (unpaired) electrons. The van der Waals surface area contributed by atoms with Gasteiger partial charge in [0.2, 0.25) is 0 Å². The Hall–Kier alpha value is -2.34. The summed E-state index contributed by atoms with van der Waals surface area (Å²) in [6, 6.07) is 7.57. The molecule has 1 aromatic heterocycles. The van der Waals surface area contributed by atoms with Gasteiger partial charge in [0.1, 0.15) is 5.82 Å². The Morgan fingerprint density at radius 2 is 2.00 bits per heavy atom. The first-order valence-corrected chi connectivity index (χ1v) is 4.41. The lowest BCUT2D eigenvalue weighted by Crippen LogP contribution is -1.93. The average Bonchev–Trinajstić information content (AvgIpc) is 2.29. The molecule has 0 aliphatic carbocycles. The smallest absolute Gasteiger partial charge is 0.193 e. The Labute approximate surface area is 86.9 Å². The number of aromatic nitrogens is 1. The molecular formula is C12H8N2O. The molecule has 0 fully saturated rings. The van der Waals surface area contributed by atoms with Crippen molar-refractivity contribution in [1.29, 1.82) is 0 Å². The van der Waals surface area contributed by atoms with Crippen LogP contribution in [-0.4, -0.2) is 11.3 Å². The summed E-state index contributed by atoms with van der Waals surface area (Å²) in [5.74, 6) is 5.57. The van der Waals surface area contributed by atoms with Gasteiger partial charge in [0, 0.05) is 17.0 Å². The van der Waals surface area contributed by atoms with Crippen LogP contribution in [0.1, 0.15) is 5.56 Å². The minimum absolute atomic E-state index is 0.474. The van der Waals surface area contributed by atoms with Gasteiger partial charge in [0.05, 0.1) is 5.56 Å². The van der Waals surface area contributed by atoms with Gasteiger partial charge < -0.3 is 5.73 Å². The molecule has 0 unspecified atom stereocenters. The minimum Gasteiger partial charge on any atom is -0.383 e. The van der Waals surface area contributed by atoms with Gasteiger partial charge >= 0.3 is 0 Å². The van der Waals surface area contributed by atoms with E-state index in [1.807, 2.05) is 24.3 Å². The Morgan fingerprint density at radius 3 is 2.73 bits per heavy atom. The topological polar surface area (TPSA) is 56.0 Å². The van der Waals surface area contributed by atoms with E-state index in [1.165, 1.54) is 0 Å². The molecule has 0 amide bonds. The van der Waals surface area contributed by atoms with Crippen molar-refractivity contribution in [1.82, 2.24) is 4.98 Å². The summed E-state index contributed by atoms with van der Waals surface area (Å²) in [5.41, 5.74) is 6.44. The van der Waals surface area contributed by atoms with E-state index >= 15 is 0 Å². The van der Waals surface area contributed by atoms with Crippen molar-refractivity contribution in [3.8, 4) is 11.8 Å². The standard InChI is InChI=1S/C12H8N2O/c13-12-11-6-2-1-5-10(11)9(8-14-12)4-3-7-15/h1-2,5-8H,(H2,13,14). The van der Waals surface area contributed by atoms with E-state index in [0.717, 1.165) is 10.8 Å². The lowest BCUT2D eigenvalue weighted by Gasteiger charge is -2.02. The number of benzene rings is 1. The first-order valence-electron chi connectivity index (χ1n) is 4.41. The van der Waals surface area contributed by atoms with Gasteiger partial charge in [-0.05, 0) is 5.92 Å². The third kappa shape index (κ3) is 1.65. The molecule has 0 atom stereocenters. The maximum Gasteiger partial charge on any atom is 0.193 e. The molecule has 0 saturated heterocycles. The summed E-state index contributed by atoms with van der Waals surface area (Å²) >= 11 is 0. The van der Waals surface area contributed by atoms with Crippen LogP contribution in [0.4, 0.5) is 5.82 Å². The number of rotatable bonds is 0. The number of carbonyl (C=O) groups is 1. The number of nitrogen functional groups attached to an aromatic ring is 1. The molecule has 15 heavy (non-hydrogen) atoms. The number of hydrogen-bond donors (Lipinski definition) is 1. The summed E-state index contributed by atoms with van der Waals surface area (Å²) in [7, 11) is 0. The molecule has 1 heterocycles. The molecule has 0 aliphatic heterocycles. The molecule has 3 heteroatoms. The van der Waals surface area contributed by atoms with Gasteiger partial charge in [-0.3, -0.25) is 4.79 Å². The van der Waals surface area contributed by atoms with Crippen LogP contribution in [0, 0.1) is 11.8 Å². The molecule has 0 saturated carbocycles. The molecule has 0 aliphatic rings. The van der Waals surface area contributed by atoms with E-state index in [4.69, 9.17) is 5.73 Å². The maximum atomic E-state index is 10.2. The Bertz CT molecular complexity index is 579. The van der Waals surface area contributed by atoms with Gasteiger partial charge in [-0.15, -0.1) is 0 Å². The predicted molar refractivity (Wildman–Crippen MR) is 59.1 cm³/mol. The van der Waals surface area contributed by atoms with Crippen molar-refractivity contribution in [2.24, 2.45) is 0 Å². The van der Waals surface area contributed by atoms with Crippen LogP contribution in [0.25, 0.3) is 10.8 Å². The van der Waals surface area contributed by atoms with Crippen LogP contribution in [0.5, 0.6) is 0 Å². The third-order valence-electron chi connectivity index (χ3n) is 2.09. The molecular weight excluding hydrogens is 188 g/mol. The number of aldehydes is 1. The number of carbonyl (C=O) groups excluding carboxylic acids is 1. The first-order chi connectivity index (χ1) is 7.33. The fourth-order valence-electron chi connectivity index (χ4n) is 1.42. The first kappa shape index (κ1) is 9.22. The lowest BCUT2D eigenvalue weighted by molar-refractivity contribution is -0.103. The highest BCUT2D eigenvalue weighted by Gasteiger charge is 2.01. The summed E-state index contributed by atoms with van der Waals surface area (Å²) in [4.78, 5) is 14.2. The van der Waals surface area contributed by atoms with Crippen molar-refractivity contribution in [3.63, 3.8) is 0 Å². The monoisotopic (exact) mass is 196 g/mol. The largest absolute Gasteiger partial charge is 0.383 e. The Kier molecular flexibility index (Phi) is 2.34. The van der Waals surface area contributed by atoms with Crippen molar-refractivity contribution < 1.29 is 4.79 Å². The van der Waals surface area contributed by atoms with Gasteiger partial charge in [0.15, 0.2) is 6.29 Å². The second-order valence-electron chi connectivity index (χ2n) is 2.99. The van der Waals surface area contributed by atoms with Crippen molar-refractivity contribution in [3.05, 3.63) is 36.0 Å². The quantitative estimate of drug-likeness (QED) is 0.511. The summed E-state index contributed by atoms with van der Waals surface area (Å²) in [5, 5.41) is 1.77. The van der Waals surface area contributed by atoms with Gasteiger partial charge in [-0.1, -0.05) is 30.2 Å². The van der Waals surface area contributed by atoms with Gasteiger partial charge in [-0.25, -0.2) is 4.98 Å². The third-order valence-corrected chi connectivity index (χ3v) is 2.09. The van der Waals surface area contributed by atoms with Gasteiger partial charge in [-0.2, -0.15) is 0 Å². The highest BCUT2D eigenvalue weighted by molar-refractivity contribution is 5.95. The van der Waals surface area contributed by atoms with Crippen molar-refractivity contribution in [2.45, 2.75) is 0 Å². The molecule has 2 N–H and O–H groups in total. The van der Waals surface area contributed by atoms with Crippen molar-refractivity contribution >= 4 is 22.9 Å². The van der Waals surface area contributed by atoms with E-state index < -0.39 is 0 Å². The van der Waals surface area contributed by atoms with E-state index in [1.54, 1.807) is 6.20 Å². The normalized spacial score (nSPS) is 9.33. The highest BCUT2D eigenvalue weighted by Crippen LogP contribution is 2.21. The minimum atomic E-state index is 0.474. The molecule has 72 valence electrons.